The van der Waals surface area contributed by atoms with Crippen molar-refractivity contribution in [3.8, 4) is 0 Å². The van der Waals surface area contributed by atoms with Gasteiger partial charge < -0.3 is 4.90 Å². The predicted molar refractivity (Wildman–Crippen MR) is 107 cm³/mol. The number of hydrogen-bond donors (Lipinski definition) is 0. The monoisotopic (exact) mass is 400 g/mol. The standard InChI is InChI=1S/C19H36N4O3S/c1-2-9-20-13-15-21(16-14-20)19(24)18-8-7-12-23(17-18)27(25,26)22-10-5-3-4-6-11-22/h18H,2-17H2,1H3. The molecule has 0 bridgehead atoms. The van der Waals surface area contributed by atoms with Crippen LogP contribution in [0.25, 0.3) is 0 Å². The Balaban J connectivity index is 1.58. The van der Waals surface area contributed by atoms with Crippen LogP contribution in [0.4, 0.5) is 0 Å². The van der Waals surface area contributed by atoms with E-state index in [1.807, 2.05) is 4.90 Å². The van der Waals surface area contributed by atoms with E-state index in [4.69, 9.17) is 0 Å². The van der Waals surface area contributed by atoms with Crippen molar-refractivity contribution in [1.29, 1.82) is 0 Å². The Morgan fingerprint density at radius 2 is 1.48 bits per heavy atom. The Labute approximate surface area is 164 Å². The fourth-order valence-electron chi connectivity index (χ4n) is 4.56. The molecule has 27 heavy (non-hydrogen) atoms. The van der Waals surface area contributed by atoms with Gasteiger partial charge in [0, 0.05) is 52.4 Å². The van der Waals surface area contributed by atoms with Crippen LogP contribution in [0.3, 0.4) is 0 Å². The largest absolute Gasteiger partial charge is 0.340 e. The third-order valence-electron chi connectivity index (χ3n) is 6.17. The van der Waals surface area contributed by atoms with E-state index in [0.29, 0.717) is 26.2 Å². The molecule has 3 aliphatic heterocycles. The Hall–Kier alpha value is -0.700. The summed E-state index contributed by atoms with van der Waals surface area (Å²) in [4.78, 5) is 17.4. The minimum atomic E-state index is -3.43. The second kappa shape index (κ2) is 9.67. The molecular weight excluding hydrogens is 364 g/mol. The Morgan fingerprint density at radius 3 is 2.11 bits per heavy atom. The number of piperazine rings is 1. The maximum Gasteiger partial charge on any atom is 0.281 e. The Kier molecular flexibility index (Phi) is 7.53. The molecule has 3 heterocycles. The first-order chi connectivity index (χ1) is 13.0. The first-order valence-corrected chi connectivity index (χ1v) is 12.2. The number of rotatable bonds is 5. The average Bonchev–Trinajstić information content (AvgIpc) is 2.98. The molecule has 0 aromatic carbocycles. The Bertz CT molecular complexity index is 582. The normalized spacial score (nSPS) is 27.4. The van der Waals surface area contributed by atoms with Crippen molar-refractivity contribution in [2.45, 2.75) is 51.9 Å². The molecule has 3 rings (SSSR count). The molecule has 0 radical (unpaired) electrons. The lowest BCUT2D eigenvalue weighted by Crippen LogP contribution is -2.54. The fourth-order valence-corrected chi connectivity index (χ4v) is 6.33. The van der Waals surface area contributed by atoms with Gasteiger partial charge in [0.2, 0.25) is 5.91 Å². The molecule has 1 amide bonds. The van der Waals surface area contributed by atoms with E-state index in [0.717, 1.165) is 77.7 Å². The van der Waals surface area contributed by atoms with Gasteiger partial charge in [-0.2, -0.15) is 17.0 Å². The highest BCUT2D eigenvalue weighted by Crippen LogP contribution is 2.25. The summed E-state index contributed by atoms with van der Waals surface area (Å²) in [5.74, 6) is -0.0276. The predicted octanol–water partition coefficient (Wildman–Crippen LogP) is 1.37. The molecule has 0 aromatic rings. The van der Waals surface area contributed by atoms with E-state index in [-0.39, 0.29) is 11.8 Å². The van der Waals surface area contributed by atoms with Gasteiger partial charge in [-0.05, 0) is 38.6 Å². The number of amides is 1. The average molecular weight is 401 g/mol. The fraction of sp³-hybridized carbons (Fsp3) is 0.947. The van der Waals surface area contributed by atoms with Crippen LogP contribution in [-0.2, 0) is 15.0 Å². The quantitative estimate of drug-likeness (QED) is 0.699. The highest BCUT2D eigenvalue weighted by molar-refractivity contribution is 7.86. The van der Waals surface area contributed by atoms with Crippen molar-refractivity contribution in [2.75, 3.05) is 58.9 Å². The highest BCUT2D eigenvalue weighted by atomic mass is 32.2. The minimum Gasteiger partial charge on any atom is -0.340 e. The molecule has 1 atom stereocenters. The lowest BCUT2D eigenvalue weighted by molar-refractivity contribution is -0.138. The Morgan fingerprint density at radius 1 is 0.852 bits per heavy atom. The molecule has 7 nitrogen and oxygen atoms in total. The summed E-state index contributed by atoms with van der Waals surface area (Å²) in [7, 11) is -3.43. The van der Waals surface area contributed by atoms with Gasteiger partial charge in [-0.25, -0.2) is 0 Å². The van der Waals surface area contributed by atoms with Crippen LogP contribution in [0.15, 0.2) is 0 Å². The molecule has 0 N–H and O–H groups in total. The second-order valence-corrected chi connectivity index (χ2v) is 10.1. The molecule has 0 aromatic heterocycles. The molecular formula is C19H36N4O3S. The van der Waals surface area contributed by atoms with Gasteiger partial charge in [-0.3, -0.25) is 9.69 Å². The molecule has 156 valence electrons. The van der Waals surface area contributed by atoms with Crippen LogP contribution in [-0.4, -0.2) is 91.6 Å². The van der Waals surface area contributed by atoms with Crippen LogP contribution in [0, 0.1) is 5.92 Å². The van der Waals surface area contributed by atoms with Crippen molar-refractivity contribution in [2.24, 2.45) is 5.92 Å². The zero-order valence-electron chi connectivity index (χ0n) is 16.8. The minimum absolute atomic E-state index is 0.155. The van der Waals surface area contributed by atoms with E-state index in [2.05, 4.69) is 11.8 Å². The summed E-state index contributed by atoms with van der Waals surface area (Å²) in [6.07, 6.45) is 6.82. The van der Waals surface area contributed by atoms with Crippen molar-refractivity contribution < 1.29 is 13.2 Å². The topological polar surface area (TPSA) is 64.2 Å². The van der Waals surface area contributed by atoms with E-state index >= 15 is 0 Å². The highest BCUT2D eigenvalue weighted by Gasteiger charge is 2.37. The number of hydrogen-bond acceptors (Lipinski definition) is 4. The van der Waals surface area contributed by atoms with E-state index in [9.17, 15) is 13.2 Å². The number of piperidine rings is 1. The first-order valence-electron chi connectivity index (χ1n) is 10.8. The third-order valence-corrected chi connectivity index (χ3v) is 8.18. The summed E-state index contributed by atoms with van der Waals surface area (Å²) in [6, 6.07) is 0. The number of carbonyl (C=O) groups is 1. The van der Waals surface area contributed by atoms with Crippen molar-refractivity contribution in [1.82, 2.24) is 18.4 Å². The van der Waals surface area contributed by atoms with Gasteiger partial charge in [0.1, 0.15) is 0 Å². The molecule has 0 spiro atoms. The third kappa shape index (κ3) is 5.22. The van der Waals surface area contributed by atoms with Crippen LogP contribution < -0.4 is 0 Å². The molecule has 1 unspecified atom stereocenters. The molecule has 3 saturated heterocycles. The zero-order chi connectivity index (χ0) is 19.3. The number of nitrogens with zero attached hydrogens (tertiary/aromatic N) is 4. The van der Waals surface area contributed by atoms with Crippen molar-refractivity contribution >= 4 is 16.1 Å². The summed E-state index contributed by atoms with van der Waals surface area (Å²) in [6.45, 7) is 8.83. The molecule has 0 aliphatic carbocycles. The van der Waals surface area contributed by atoms with Gasteiger partial charge >= 0.3 is 0 Å². The van der Waals surface area contributed by atoms with Gasteiger partial charge in [0.05, 0.1) is 5.92 Å². The van der Waals surface area contributed by atoms with E-state index < -0.39 is 10.2 Å². The van der Waals surface area contributed by atoms with E-state index in [1.165, 1.54) is 0 Å². The first kappa shape index (κ1) is 21.0. The van der Waals surface area contributed by atoms with Crippen LogP contribution in [0.5, 0.6) is 0 Å². The summed E-state index contributed by atoms with van der Waals surface area (Å²) in [5.41, 5.74) is 0. The van der Waals surface area contributed by atoms with Gasteiger partial charge in [-0.15, -0.1) is 0 Å². The molecule has 3 aliphatic rings. The molecule has 8 heteroatoms. The van der Waals surface area contributed by atoms with Gasteiger partial charge in [-0.1, -0.05) is 19.8 Å². The van der Waals surface area contributed by atoms with Gasteiger partial charge in [0.15, 0.2) is 0 Å². The van der Waals surface area contributed by atoms with Crippen LogP contribution in [0.1, 0.15) is 51.9 Å². The van der Waals surface area contributed by atoms with Crippen LogP contribution in [0.2, 0.25) is 0 Å². The number of carbonyl (C=O) groups excluding carboxylic acids is 1. The summed E-state index contributed by atoms with van der Waals surface area (Å²) < 4.78 is 29.4. The lowest BCUT2D eigenvalue weighted by Gasteiger charge is -2.39. The van der Waals surface area contributed by atoms with E-state index in [1.54, 1.807) is 8.61 Å². The molecule has 0 saturated carbocycles. The summed E-state index contributed by atoms with van der Waals surface area (Å²) >= 11 is 0. The zero-order valence-corrected chi connectivity index (χ0v) is 17.6. The smallest absolute Gasteiger partial charge is 0.281 e. The maximum absolute atomic E-state index is 13.1. The lowest BCUT2D eigenvalue weighted by atomic mass is 9.98. The van der Waals surface area contributed by atoms with Crippen molar-refractivity contribution in [3.05, 3.63) is 0 Å². The van der Waals surface area contributed by atoms with Crippen molar-refractivity contribution in [3.63, 3.8) is 0 Å². The molecule has 3 fully saturated rings. The second-order valence-electron chi connectivity index (χ2n) is 8.19. The summed E-state index contributed by atoms with van der Waals surface area (Å²) in [5, 5.41) is 0. The van der Waals surface area contributed by atoms with Crippen LogP contribution >= 0.6 is 0 Å². The SMILES string of the molecule is CCCN1CCN(C(=O)C2CCCN(S(=O)(=O)N3CCCCCC3)C2)CC1. The maximum atomic E-state index is 13.1. The van der Waals surface area contributed by atoms with Gasteiger partial charge in [0.25, 0.3) is 10.2 Å².